The number of rotatable bonds is 5. The van der Waals surface area contributed by atoms with Gasteiger partial charge in [0.15, 0.2) is 0 Å². The average molecular weight is 892 g/mol. The summed E-state index contributed by atoms with van der Waals surface area (Å²) in [5.41, 5.74) is 4.85. The van der Waals surface area contributed by atoms with E-state index in [-0.39, 0.29) is 42.5 Å². The van der Waals surface area contributed by atoms with Crippen molar-refractivity contribution in [1.29, 1.82) is 0 Å². The molecule has 7 heteroatoms. The molecule has 0 aliphatic carbocycles. The summed E-state index contributed by atoms with van der Waals surface area (Å²) in [4.78, 5) is 17.6. The molecule has 0 spiro atoms. The molecule has 0 unspecified atom stereocenters. The van der Waals surface area contributed by atoms with Gasteiger partial charge in [-0.15, -0.1) is 17.7 Å². The minimum absolute atomic E-state index is 0. The molecule has 0 aliphatic heterocycles. The number of furan rings is 1. The topological polar surface area (TPSA) is 64.7 Å². The van der Waals surface area contributed by atoms with Crippen molar-refractivity contribution in [2.24, 2.45) is 5.41 Å². The number of benzene rings is 2. The van der Waals surface area contributed by atoms with Gasteiger partial charge in [0.05, 0.1) is 11.3 Å². The van der Waals surface area contributed by atoms with Gasteiger partial charge in [-0.2, -0.15) is 0 Å². The SMILES string of the molecule is [2H]C([2H])([2H])c1ccnc(-c2[c-]cc(C([2H])([2H])[2H])c3c2oc2nc(-c4ccccc4)ccc23)c1.[2H]C([2H])(c1cc(-c2[c-]ccnc2)nc[c]1[Ge]([CH3])([CH3])[CH3])C(C)(C)C.[Ir]. The van der Waals surface area contributed by atoms with Crippen LogP contribution in [0.25, 0.3) is 55.8 Å². The fraction of sp³-hybridized carbons (Fsp3) is 0.238. The molecular weight excluding hydrogens is 841 g/mol. The Morgan fingerprint density at radius 2 is 1.69 bits per heavy atom. The van der Waals surface area contributed by atoms with Crippen LogP contribution in [-0.4, -0.2) is 33.2 Å². The van der Waals surface area contributed by atoms with Crippen molar-refractivity contribution in [2.45, 2.75) is 58.1 Å². The van der Waals surface area contributed by atoms with Crippen molar-refractivity contribution in [3.05, 3.63) is 126 Å². The van der Waals surface area contributed by atoms with Crippen molar-refractivity contribution in [1.82, 2.24) is 19.9 Å². The third-order valence-electron chi connectivity index (χ3n) is 7.60. The minimum atomic E-state index is -2.41. The molecule has 2 aromatic carbocycles. The second kappa shape index (κ2) is 14.9. The maximum atomic E-state index is 8.74. The molecule has 5 nitrogen and oxygen atoms in total. The second-order valence-electron chi connectivity index (χ2n) is 13.6. The molecule has 251 valence electrons. The summed E-state index contributed by atoms with van der Waals surface area (Å²) in [7, 11) is 0. The van der Waals surface area contributed by atoms with Gasteiger partial charge in [-0.3, -0.25) is 0 Å². The van der Waals surface area contributed by atoms with Gasteiger partial charge in [0.1, 0.15) is 0 Å². The first kappa shape index (κ1) is 26.8. The van der Waals surface area contributed by atoms with E-state index in [1.165, 1.54) is 24.4 Å². The fourth-order valence-corrected chi connectivity index (χ4v) is 8.33. The van der Waals surface area contributed by atoms with Crippen molar-refractivity contribution < 1.29 is 35.5 Å². The Labute approximate surface area is 317 Å². The Kier molecular flexibility index (Phi) is 8.15. The van der Waals surface area contributed by atoms with E-state index in [0.717, 1.165) is 26.8 Å². The molecule has 0 amide bonds. The van der Waals surface area contributed by atoms with Crippen LogP contribution < -0.4 is 4.40 Å². The Morgan fingerprint density at radius 1 is 0.878 bits per heavy atom. The molecule has 5 aromatic heterocycles. The summed E-state index contributed by atoms with van der Waals surface area (Å²) in [5.74, 6) is 6.82. The van der Waals surface area contributed by atoms with E-state index in [0.29, 0.717) is 27.7 Å². The Bertz CT molecular complexity index is 2510. The van der Waals surface area contributed by atoms with Gasteiger partial charge in [-0.1, -0.05) is 59.8 Å². The maximum Gasteiger partial charge on any atom is 0 e. The average Bonchev–Trinajstić information content (AvgIpc) is 3.52. The summed E-state index contributed by atoms with van der Waals surface area (Å²) in [6, 6.07) is 27.2. The van der Waals surface area contributed by atoms with Gasteiger partial charge in [-0.05, 0) is 30.7 Å². The number of hydrogen-bond donors (Lipinski definition) is 0. The monoisotopic (exact) mass is 893 g/mol. The van der Waals surface area contributed by atoms with E-state index in [2.05, 4.69) is 49.3 Å². The van der Waals surface area contributed by atoms with E-state index in [9.17, 15) is 0 Å². The first-order chi connectivity index (χ1) is 26.1. The van der Waals surface area contributed by atoms with Crippen molar-refractivity contribution in [3.8, 4) is 33.8 Å². The maximum absolute atomic E-state index is 8.74. The summed E-state index contributed by atoms with van der Waals surface area (Å²) in [6.45, 7) is 1.12. The van der Waals surface area contributed by atoms with Crippen LogP contribution >= 0.6 is 0 Å². The number of pyridine rings is 4. The normalized spacial score (nSPS) is 14.8. The third kappa shape index (κ3) is 8.44. The van der Waals surface area contributed by atoms with Crippen LogP contribution in [0.4, 0.5) is 0 Å². The van der Waals surface area contributed by atoms with Crippen LogP contribution in [-0.2, 0) is 26.5 Å². The van der Waals surface area contributed by atoms with Crippen LogP contribution in [0.1, 0.15) is 48.4 Å². The number of hydrogen-bond acceptors (Lipinski definition) is 5. The zero-order valence-electron chi connectivity index (χ0n) is 36.3. The van der Waals surface area contributed by atoms with E-state index in [1.807, 2.05) is 69.4 Å². The van der Waals surface area contributed by atoms with Gasteiger partial charge in [-0.25, -0.2) is 4.98 Å². The smallest absolute Gasteiger partial charge is 0 e. The summed E-state index contributed by atoms with van der Waals surface area (Å²) >= 11 is -2.26. The summed E-state index contributed by atoms with van der Waals surface area (Å²) in [6.07, 6.45) is 5.26. The molecule has 5 heterocycles. The van der Waals surface area contributed by atoms with E-state index >= 15 is 0 Å². The molecule has 0 saturated heterocycles. The van der Waals surface area contributed by atoms with E-state index in [1.54, 1.807) is 24.5 Å². The number of fused-ring (bicyclic) bond motifs is 3. The largest absolute Gasteiger partial charge is 0 e. The number of aromatic nitrogens is 4. The van der Waals surface area contributed by atoms with Crippen LogP contribution in [0.5, 0.6) is 0 Å². The van der Waals surface area contributed by atoms with Gasteiger partial charge >= 0.3 is 134 Å². The van der Waals surface area contributed by atoms with Crippen LogP contribution in [0.15, 0.2) is 102 Å². The molecule has 0 saturated carbocycles. The summed E-state index contributed by atoms with van der Waals surface area (Å²) in [5, 5.41) is 0.949. The molecule has 0 atom stereocenters. The number of aryl methyl sites for hydroxylation is 2. The van der Waals surface area contributed by atoms with Crippen molar-refractivity contribution >= 4 is 39.7 Å². The van der Waals surface area contributed by atoms with E-state index in [4.69, 9.17) is 15.4 Å². The molecule has 1 radical (unpaired) electrons. The quantitative estimate of drug-likeness (QED) is 0.127. The first-order valence-corrected chi connectivity index (χ1v) is 23.1. The summed E-state index contributed by atoms with van der Waals surface area (Å²) < 4.78 is 71.8. The Balaban J connectivity index is 0.000000229. The second-order valence-corrected chi connectivity index (χ2v) is 24.2. The first-order valence-electron chi connectivity index (χ1n) is 19.7. The van der Waals surface area contributed by atoms with Gasteiger partial charge < -0.3 is 9.40 Å². The van der Waals surface area contributed by atoms with Crippen LogP contribution in [0, 0.1) is 31.3 Å². The predicted molar refractivity (Wildman–Crippen MR) is 201 cm³/mol. The van der Waals surface area contributed by atoms with Crippen molar-refractivity contribution in [2.75, 3.05) is 0 Å². The number of nitrogens with zero attached hydrogens (tertiary/aromatic N) is 4. The molecule has 0 bridgehead atoms. The Morgan fingerprint density at radius 3 is 2.39 bits per heavy atom. The minimum Gasteiger partial charge on any atom is 0 e. The predicted octanol–water partition coefficient (Wildman–Crippen LogP) is 10.2. The molecule has 49 heavy (non-hydrogen) atoms. The fourth-order valence-electron chi connectivity index (χ4n) is 5.40. The zero-order chi connectivity index (χ0) is 40.8. The van der Waals surface area contributed by atoms with Gasteiger partial charge in [0, 0.05) is 45.5 Å². The molecule has 7 rings (SSSR count). The molecule has 0 N–H and O–H groups in total. The molecule has 0 fully saturated rings. The van der Waals surface area contributed by atoms with E-state index < -0.39 is 38.8 Å². The van der Waals surface area contributed by atoms with Crippen molar-refractivity contribution in [3.63, 3.8) is 0 Å². The Hall–Kier alpha value is -3.97. The molecule has 0 aliphatic rings. The van der Waals surface area contributed by atoms with Gasteiger partial charge in [0.25, 0.3) is 0 Å². The third-order valence-corrected chi connectivity index (χ3v) is 11.8. The standard InChI is InChI=1S/C24H17N2O.C18H25GeN2.Ir/c1-15-12-13-25-21(14-15)18-9-8-16(2)22-19-10-11-20(17-6-4-3-5-7-17)26-24(19)27-23(18)22;1-18(2,3)11-15-10-17(14-8-7-9-20-12-14)21-13-16(15)19(4,5)6;/h3-8,10-14H,1-2H3;7,9-10,12-13H,11H2,1-6H3;/q2*-1;/i1D3,2D3;11D2;. The van der Waals surface area contributed by atoms with Crippen LogP contribution in [0.3, 0.4) is 0 Å². The van der Waals surface area contributed by atoms with Gasteiger partial charge in [0.2, 0.25) is 5.71 Å². The van der Waals surface area contributed by atoms with Crippen LogP contribution in [0.2, 0.25) is 17.3 Å². The molecule has 7 aromatic rings. The molecular formula is C42H42GeIrN4O-2. The zero-order valence-corrected chi connectivity index (χ0v) is 32.8.